The fraction of sp³-hybridized carbons (Fsp3) is 0.290. The molecule has 0 unspecified atom stereocenters. The molecular weight excluding hydrogens is 404 g/mol. The average molecular weight is 439 g/mol. The lowest BCUT2D eigenvalue weighted by atomic mass is 9.87. The highest BCUT2D eigenvalue weighted by molar-refractivity contribution is 5.49. The van der Waals surface area contributed by atoms with Gasteiger partial charge in [-0.25, -0.2) is 0 Å². The Balaban J connectivity index is 1.44. The highest BCUT2D eigenvalue weighted by atomic mass is 16.5. The summed E-state index contributed by atoms with van der Waals surface area (Å²) in [6, 6.07) is 31.3. The zero-order valence-corrected chi connectivity index (χ0v) is 19.3. The molecule has 3 aromatic rings. The third-order valence-corrected chi connectivity index (χ3v) is 6.68. The van der Waals surface area contributed by atoms with Crippen molar-refractivity contribution >= 4 is 6.08 Å². The van der Waals surface area contributed by atoms with Gasteiger partial charge in [-0.3, -0.25) is 0 Å². The fourth-order valence-corrected chi connectivity index (χ4v) is 4.86. The Bertz CT molecular complexity index is 981. The van der Waals surface area contributed by atoms with Crippen molar-refractivity contribution in [1.82, 2.24) is 0 Å². The van der Waals surface area contributed by atoms with Crippen LogP contribution in [0.3, 0.4) is 0 Å². The highest BCUT2D eigenvalue weighted by Gasteiger charge is 2.40. The molecule has 0 N–H and O–H groups in total. The van der Waals surface area contributed by atoms with E-state index in [1.807, 2.05) is 12.1 Å². The van der Waals surface area contributed by atoms with Crippen LogP contribution in [0.5, 0.6) is 0 Å². The van der Waals surface area contributed by atoms with Gasteiger partial charge >= 0.3 is 0 Å². The van der Waals surface area contributed by atoms with Crippen molar-refractivity contribution in [1.29, 1.82) is 0 Å². The van der Waals surface area contributed by atoms with E-state index in [2.05, 4.69) is 104 Å². The van der Waals surface area contributed by atoms with Gasteiger partial charge in [0, 0.05) is 0 Å². The molecule has 0 radical (unpaired) electrons. The van der Waals surface area contributed by atoms with Crippen molar-refractivity contribution in [2.24, 2.45) is 23.7 Å². The van der Waals surface area contributed by atoms with Gasteiger partial charge in [0.15, 0.2) is 0 Å². The predicted molar refractivity (Wildman–Crippen MR) is 136 cm³/mol. The Morgan fingerprint density at radius 3 is 1.67 bits per heavy atom. The largest absolute Gasteiger partial charge is 0.376 e. The Hall–Kier alpha value is -2.94. The van der Waals surface area contributed by atoms with Crippen molar-refractivity contribution < 1.29 is 9.47 Å². The maximum atomic E-state index is 6.25. The molecule has 0 aliphatic heterocycles. The molecule has 0 heterocycles. The van der Waals surface area contributed by atoms with Gasteiger partial charge in [0.1, 0.15) is 0 Å². The molecule has 0 saturated heterocycles. The maximum absolute atomic E-state index is 6.25. The second-order valence-corrected chi connectivity index (χ2v) is 8.90. The molecule has 0 bridgehead atoms. The van der Waals surface area contributed by atoms with Crippen LogP contribution >= 0.6 is 0 Å². The predicted octanol–water partition coefficient (Wildman–Crippen LogP) is 7.19. The van der Waals surface area contributed by atoms with Gasteiger partial charge in [-0.1, -0.05) is 109 Å². The molecule has 3 aromatic carbocycles. The van der Waals surface area contributed by atoms with Crippen LogP contribution in [0.15, 0.2) is 110 Å². The first-order valence-electron chi connectivity index (χ1n) is 11.9. The van der Waals surface area contributed by atoms with Gasteiger partial charge in [-0.15, -0.1) is 6.58 Å². The van der Waals surface area contributed by atoms with E-state index < -0.39 is 0 Å². The lowest BCUT2D eigenvalue weighted by molar-refractivity contribution is 0.0204. The van der Waals surface area contributed by atoms with Crippen LogP contribution in [0.2, 0.25) is 0 Å². The second kappa shape index (κ2) is 12.3. The van der Waals surface area contributed by atoms with Crippen LogP contribution in [0, 0.1) is 23.7 Å². The molecule has 170 valence electrons. The van der Waals surface area contributed by atoms with E-state index in [0.717, 1.165) is 19.6 Å². The summed E-state index contributed by atoms with van der Waals surface area (Å²) in [5.74, 6) is 1.66. The molecule has 1 aliphatic rings. The first-order chi connectivity index (χ1) is 16.3. The van der Waals surface area contributed by atoms with Gasteiger partial charge in [-0.2, -0.15) is 0 Å². The van der Waals surface area contributed by atoms with Crippen LogP contribution in [0.25, 0.3) is 6.08 Å². The summed E-state index contributed by atoms with van der Waals surface area (Å²) in [4.78, 5) is 0. The van der Waals surface area contributed by atoms with E-state index in [1.54, 1.807) is 0 Å². The van der Waals surface area contributed by atoms with E-state index >= 15 is 0 Å². The lowest BCUT2D eigenvalue weighted by Crippen LogP contribution is -2.26. The summed E-state index contributed by atoms with van der Waals surface area (Å²) in [6.45, 7) is 6.89. The topological polar surface area (TPSA) is 18.5 Å². The van der Waals surface area contributed by atoms with Gasteiger partial charge < -0.3 is 9.47 Å². The van der Waals surface area contributed by atoms with E-state index in [4.69, 9.17) is 9.47 Å². The summed E-state index contributed by atoms with van der Waals surface area (Å²) >= 11 is 0. The summed E-state index contributed by atoms with van der Waals surface area (Å²) in [5.41, 5.74) is 3.66. The highest BCUT2D eigenvalue weighted by Crippen LogP contribution is 2.44. The summed E-state index contributed by atoms with van der Waals surface area (Å²) in [6.07, 6.45) is 7.84. The number of hydrogen-bond donors (Lipinski definition) is 0. The molecule has 2 heteroatoms. The normalized spacial score (nSPS) is 22.5. The van der Waals surface area contributed by atoms with Crippen molar-refractivity contribution in [2.45, 2.75) is 19.6 Å². The van der Waals surface area contributed by atoms with E-state index in [1.165, 1.54) is 16.7 Å². The molecule has 4 rings (SSSR count). The third-order valence-electron chi connectivity index (χ3n) is 6.68. The maximum Gasteiger partial charge on any atom is 0.0717 e. The summed E-state index contributed by atoms with van der Waals surface area (Å²) in [7, 11) is 0. The summed E-state index contributed by atoms with van der Waals surface area (Å²) in [5, 5.41) is 0. The Kier molecular flexibility index (Phi) is 8.69. The smallest absolute Gasteiger partial charge is 0.0717 e. The Labute approximate surface area is 198 Å². The Morgan fingerprint density at radius 1 is 0.667 bits per heavy atom. The number of ether oxygens (including phenoxy) is 2. The van der Waals surface area contributed by atoms with Crippen molar-refractivity contribution in [3.05, 3.63) is 126 Å². The summed E-state index contributed by atoms with van der Waals surface area (Å²) < 4.78 is 12.5. The third kappa shape index (κ3) is 6.77. The molecule has 2 nitrogen and oxygen atoms in total. The molecule has 33 heavy (non-hydrogen) atoms. The van der Waals surface area contributed by atoms with E-state index in [0.29, 0.717) is 36.9 Å². The first kappa shape index (κ1) is 23.2. The zero-order chi connectivity index (χ0) is 22.7. The number of benzene rings is 3. The monoisotopic (exact) mass is 438 g/mol. The van der Waals surface area contributed by atoms with Crippen molar-refractivity contribution in [3.8, 4) is 0 Å². The van der Waals surface area contributed by atoms with Gasteiger partial charge in [0.2, 0.25) is 0 Å². The molecule has 0 aromatic heterocycles. The van der Waals surface area contributed by atoms with Crippen molar-refractivity contribution in [3.63, 3.8) is 0 Å². The van der Waals surface area contributed by atoms with Crippen LogP contribution < -0.4 is 0 Å². The fourth-order valence-electron chi connectivity index (χ4n) is 4.86. The average Bonchev–Trinajstić information content (AvgIpc) is 3.21. The minimum atomic E-state index is 0.396. The molecule has 1 aliphatic carbocycles. The zero-order valence-electron chi connectivity index (χ0n) is 19.3. The van der Waals surface area contributed by atoms with Crippen molar-refractivity contribution in [2.75, 3.05) is 13.2 Å². The van der Waals surface area contributed by atoms with Gasteiger partial charge in [-0.05, 0) is 46.8 Å². The molecule has 0 spiro atoms. The molecule has 1 saturated carbocycles. The molecule has 0 amide bonds. The van der Waals surface area contributed by atoms with Crippen LogP contribution in [0.4, 0.5) is 0 Å². The SMILES string of the molecule is C=C[C@H]1C[C@@H](/C=C\c2ccccc2)[C@H](COCc2ccccc2)[C@@H]1COCc1ccccc1. The number of allylic oxidation sites excluding steroid dienone is 2. The van der Waals surface area contributed by atoms with Crippen LogP contribution in [0.1, 0.15) is 23.1 Å². The van der Waals surface area contributed by atoms with Crippen LogP contribution in [-0.2, 0) is 22.7 Å². The minimum absolute atomic E-state index is 0.396. The van der Waals surface area contributed by atoms with Gasteiger partial charge in [0.25, 0.3) is 0 Å². The molecule has 4 atom stereocenters. The quantitative estimate of drug-likeness (QED) is 0.295. The first-order valence-corrected chi connectivity index (χ1v) is 11.9. The van der Waals surface area contributed by atoms with Crippen LogP contribution in [-0.4, -0.2) is 13.2 Å². The van der Waals surface area contributed by atoms with Gasteiger partial charge in [0.05, 0.1) is 26.4 Å². The minimum Gasteiger partial charge on any atom is -0.376 e. The standard InChI is InChI=1S/C31H34O2/c1-2-28-20-29(19-18-25-12-6-3-7-13-25)31(24-33-22-27-16-10-5-11-17-27)30(28)23-32-21-26-14-8-4-9-15-26/h2-19,28-31H,1,20-24H2/b19-18-/t28-,29+,30+,31-/m0/s1. The van der Waals surface area contributed by atoms with E-state index in [-0.39, 0.29) is 0 Å². The lowest BCUT2D eigenvalue weighted by Gasteiger charge is -2.25. The number of rotatable bonds is 11. The second-order valence-electron chi connectivity index (χ2n) is 8.90. The van der Waals surface area contributed by atoms with E-state index in [9.17, 15) is 0 Å². The number of hydrogen-bond acceptors (Lipinski definition) is 2. The molecular formula is C31H34O2. The Morgan fingerprint density at radius 2 is 1.15 bits per heavy atom. The molecule has 1 fully saturated rings.